The minimum absolute atomic E-state index is 0.361. The maximum absolute atomic E-state index is 13.0. The molecule has 0 radical (unpaired) electrons. The van der Waals surface area contributed by atoms with Gasteiger partial charge in [-0.05, 0) is 37.6 Å². The van der Waals surface area contributed by atoms with E-state index in [1.54, 1.807) is 12.1 Å². The van der Waals surface area contributed by atoms with E-state index in [9.17, 15) is 13.2 Å². The molecule has 1 fully saturated rings. The number of aromatic nitrogens is 1. The summed E-state index contributed by atoms with van der Waals surface area (Å²) in [7, 11) is -3.53. The van der Waals surface area contributed by atoms with E-state index in [1.165, 1.54) is 4.31 Å². The highest BCUT2D eigenvalue weighted by Crippen LogP contribution is 2.28. The fourth-order valence-electron chi connectivity index (χ4n) is 3.60. The molecule has 0 atom stereocenters. The number of benzene rings is 2. The molecular weight excluding hydrogens is 366 g/mol. The van der Waals surface area contributed by atoms with Gasteiger partial charge in [-0.25, -0.2) is 13.2 Å². The molecule has 0 aliphatic carbocycles. The van der Waals surface area contributed by atoms with Crippen LogP contribution >= 0.6 is 0 Å². The number of para-hydroxylation sites is 1. The lowest BCUT2D eigenvalue weighted by molar-refractivity contribution is 0.384. The zero-order valence-electron chi connectivity index (χ0n) is 15.2. The molecule has 4 rings (SSSR count). The molecule has 0 unspecified atom stereocenters. The number of fused-ring (bicyclic) bond motifs is 1. The van der Waals surface area contributed by atoms with Gasteiger partial charge in [0.2, 0.25) is 10.0 Å². The monoisotopic (exact) mass is 387 g/mol. The third-order valence-corrected chi connectivity index (χ3v) is 7.01. The number of hydrogen-bond donors (Lipinski definition) is 1. The van der Waals surface area contributed by atoms with Crippen LogP contribution in [0.15, 0.2) is 50.5 Å². The Hall–Kier alpha value is -2.58. The lowest BCUT2D eigenvalue weighted by Crippen LogP contribution is -2.48. The van der Waals surface area contributed by atoms with Crippen molar-refractivity contribution >= 4 is 26.8 Å². The van der Waals surface area contributed by atoms with Crippen molar-refractivity contribution in [1.82, 2.24) is 9.29 Å². The van der Waals surface area contributed by atoms with Crippen LogP contribution in [0.4, 0.5) is 5.69 Å². The molecule has 1 aliphatic rings. The Labute approximate surface area is 157 Å². The molecular formula is C19H21N3O4S. The number of sulfonamides is 1. The standard InChI is InChI=1S/C19H21N3O4S/c1-13-6-7-17(14(2)12-13)27(24,25)22-10-8-21(9-11-22)16-5-3-4-15-18(16)26-19(23)20-15/h3-7,12H,8-11H2,1-2H3,(H,20,23). The van der Waals surface area contributed by atoms with Gasteiger partial charge >= 0.3 is 5.76 Å². The third kappa shape index (κ3) is 3.15. The van der Waals surface area contributed by atoms with Crippen LogP contribution in [0.1, 0.15) is 11.1 Å². The Morgan fingerprint density at radius 1 is 1.04 bits per heavy atom. The molecule has 1 aromatic heterocycles. The van der Waals surface area contributed by atoms with Crippen molar-refractivity contribution in [3.63, 3.8) is 0 Å². The van der Waals surface area contributed by atoms with Gasteiger partial charge in [0.05, 0.1) is 16.1 Å². The highest BCUT2D eigenvalue weighted by molar-refractivity contribution is 7.89. The topological polar surface area (TPSA) is 86.6 Å². The summed E-state index contributed by atoms with van der Waals surface area (Å²) in [4.78, 5) is 16.5. The van der Waals surface area contributed by atoms with Gasteiger partial charge in [0.1, 0.15) is 0 Å². The van der Waals surface area contributed by atoms with Gasteiger partial charge in [-0.2, -0.15) is 4.31 Å². The number of aryl methyl sites for hydroxylation is 2. The lowest BCUT2D eigenvalue weighted by atomic mass is 10.2. The van der Waals surface area contributed by atoms with Crippen molar-refractivity contribution < 1.29 is 12.8 Å². The minimum atomic E-state index is -3.53. The average Bonchev–Trinajstić information content (AvgIpc) is 3.01. The molecule has 142 valence electrons. The minimum Gasteiger partial charge on any atom is -0.406 e. The van der Waals surface area contributed by atoms with E-state index in [1.807, 2.05) is 43.0 Å². The molecule has 2 aromatic carbocycles. The highest BCUT2D eigenvalue weighted by Gasteiger charge is 2.30. The normalized spacial score (nSPS) is 16.1. The van der Waals surface area contributed by atoms with Crippen LogP contribution in [0.3, 0.4) is 0 Å². The third-order valence-electron chi connectivity index (χ3n) is 4.95. The molecule has 0 amide bonds. The molecule has 0 saturated carbocycles. The summed E-state index contributed by atoms with van der Waals surface area (Å²) in [6.07, 6.45) is 0. The largest absolute Gasteiger partial charge is 0.417 e. The Morgan fingerprint density at radius 2 is 1.78 bits per heavy atom. The molecule has 1 saturated heterocycles. The first kappa shape index (κ1) is 17.8. The number of nitrogens with zero attached hydrogens (tertiary/aromatic N) is 2. The Kier molecular flexibility index (Phi) is 4.32. The van der Waals surface area contributed by atoms with Gasteiger partial charge in [0, 0.05) is 26.2 Å². The summed E-state index contributed by atoms with van der Waals surface area (Å²) in [6.45, 7) is 5.57. The molecule has 8 heteroatoms. The summed E-state index contributed by atoms with van der Waals surface area (Å²) in [5.41, 5.74) is 3.75. The van der Waals surface area contributed by atoms with E-state index in [0.717, 1.165) is 16.8 Å². The van der Waals surface area contributed by atoms with Crippen LogP contribution in [0, 0.1) is 13.8 Å². The van der Waals surface area contributed by atoms with Gasteiger partial charge in [-0.3, -0.25) is 4.98 Å². The van der Waals surface area contributed by atoms with Crippen LogP contribution in [0.5, 0.6) is 0 Å². The molecule has 27 heavy (non-hydrogen) atoms. The van der Waals surface area contributed by atoms with Crippen LogP contribution < -0.4 is 10.7 Å². The van der Waals surface area contributed by atoms with Gasteiger partial charge in [-0.1, -0.05) is 23.8 Å². The van der Waals surface area contributed by atoms with Crippen LogP contribution in [-0.4, -0.2) is 43.9 Å². The fraction of sp³-hybridized carbons (Fsp3) is 0.316. The van der Waals surface area contributed by atoms with E-state index >= 15 is 0 Å². The number of oxazole rings is 1. The summed E-state index contributed by atoms with van der Waals surface area (Å²) >= 11 is 0. The van der Waals surface area contributed by atoms with Crippen molar-refractivity contribution in [2.24, 2.45) is 0 Å². The maximum atomic E-state index is 13.0. The Balaban J connectivity index is 1.57. The molecule has 0 spiro atoms. The van der Waals surface area contributed by atoms with E-state index in [-0.39, 0.29) is 0 Å². The maximum Gasteiger partial charge on any atom is 0.417 e. The molecule has 7 nitrogen and oxygen atoms in total. The average molecular weight is 387 g/mol. The van der Waals surface area contributed by atoms with Crippen LogP contribution in [-0.2, 0) is 10.0 Å². The first-order valence-electron chi connectivity index (χ1n) is 8.80. The molecule has 3 aromatic rings. The van der Waals surface area contributed by atoms with Gasteiger partial charge in [0.15, 0.2) is 5.58 Å². The summed E-state index contributed by atoms with van der Waals surface area (Å²) in [5.74, 6) is -0.492. The predicted molar refractivity (Wildman–Crippen MR) is 104 cm³/mol. The SMILES string of the molecule is Cc1ccc(S(=O)(=O)N2CCN(c3cccc4[nH]c(=O)oc34)CC2)c(C)c1. The van der Waals surface area contributed by atoms with Gasteiger partial charge < -0.3 is 9.32 Å². The molecule has 0 bridgehead atoms. The second kappa shape index (κ2) is 6.54. The molecule has 1 N–H and O–H groups in total. The molecule has 1 aliphatic heterocycles. The number of hydrogen-bond acceptors (Lipinski definition) is 5. The summed E-state index contributed by atoms with van der Waals surface area (Å²) < 4.78 is 32.8. The lowest BCUT2D eigenvalue weighted by Gasteiger charge is -2.35. The second-order valence-corrected chi connectivity index (χ2v) is 8.73. The Bertz CT molecular complexity index is 1160. The van der Waals surface area contributed by atoms with E-state index in [0.29, 0.717) is 42.2 Å². The van der Waals surface area contributed by atoms with Crippen molar-refractivity contribution in [1.29, 1.82) is 0 Å². The zero-order valence-corrected chi connectivity index (χ0v) is 16.0. The first-order chi connectivity index (χ1) is 12.9. The highest BCUT2D eigenvalue weighted by atomic mass is 32.2. The summed E-state index contributed by atoms with van der Waals surface area (Å²) in [5, 5.41) is 0. The number of anilines is 1. The quantitative estimate of drug-likeness (QED) is 0.745. The van der Waals surface area contributed by atoms with Gasteiger partial charge in [0.25, 0.3) is 0 Å². The molecule has 2 heterocycles. The van der Waals surface area contributed by atoms with Crippen molar-refractivity contribution in [3.05, 3.63) is 58.1 Å². The smallest absolute Gasteiger partial charge is 0.406 e. The van der Waals surface area contributed by atoms with Crippen LogP contribution in [0.2, 0.25) is 0 Å². The summed E-state index contributed by atoms with van der Waals surface area (Å²) in [6, 6.07) is 10.9. The van der Waals surface area contributed by atoms with Gasteiger partial charge in [-0.15, -0.1) is 0 Å². The number of piperazine rings is 1. The number of H-pyrrole nitrogens is 1. The van der Waals surface area contributed by atoms with E-state index in [2.05, 4.69) is 4.98 Å². The van der Waals surface area contributed by atoms with E-state index in [4.69, 9.17) is 4.42 Å². The van der Waals surface area contributed by atoms with Crippen LogP contribution in [0.25, 0.3) is 11.1 Å². The number of aromatic amines is 1. The first-order valence-corrected chi connectivity index (χ1v) is 10.2. The fourth-order valence-corrected chi connectivity index (χ4v) is 5.23. The number of nitrogens with one attached hydrogen (secondary N) is 1. The van der Waals surface area contributed by atoms with Crippen molar-refractivity contribution in [2.45, 2.75) is 18.7 Å². The number of rotatable bonds is 3. The Morgan fingerprint density at radius 3 is 2.48 bits per heavy atom. The second-order valence-electron chi connectivity index (χ2n) is 6.83. The van der Waals surface area contributed by atoms with Crippen molar-refractivity contribution in [3.8, 4) is 0 Å². The zero-order chi connectivity index (χ0) is 19.2. The van der Waals surface area contributed by atoms with E-state index < -0.39 is 15.8 Å². The van der Waals surface area contributed by atoms with Crippen molar-refractivity contribution in [2.75, 3.05) is 31.1 Å². The predicted octanol–water partition coefficient (Wildman–Crippen LogP) is 2.25.